The highest BCUT2D eigenvalue weighted by Crippen LogP contribution is 2.47. The van der Waals surface area contributed by atoms with Crippen LogP contribution in [0.4, 0.5) is 0 Å². The van der Waals surface area contributed by atoms with Gasteiger partial charge in [-0.05, 0) is 139 Å². The Kier molecular flexibility index (Phi) is 63.9. The lowest BCUT2D eigenvalue weighted by Gasteiger charge is -2.32. The molecule has 0 fully saturated rings. The fourth-order valence-electron chi connectivity index (χ4n) is 17.3. The number of unbranched alkanes of at least 4 members (excludes halogenated alkanes) is 60. The summed E-state index contributed by atoms with van der Waals surface area (Å²) >= 11 is 33.3. The van der Waals surface area contributed by atoms with Gasteiger partial charge in [0.15, 0.2) is 0 Å². The Bertz CT molecular complexity index is 2890. The molecule has 6 aromatic rings. The molecule has 0 N–H and O–H groups in total. The minimum absolute atomic E-state index is 0.463. The predicted molar refractivity (Wildman–Crippen MR) is 530 cm³/mol. The SMILES string of the molecule is CCCCCCCCCCCCCCCCCCOc1cc(OCCCCCCCCCCCCCCCCCC)cc(C(C)(c2ccc(Cl)cc2)c2ccc(Cl)cc2)c1.CCCCCCCCCCCCCCCCCCOc1cc(OCCCCCCCCCCCCCCCCCC)cc(C(Cl)(c2ccc(Cl)cc2)c2ccc(Cl)cc2)c1. The average molecular weight is 1750 g/mol. The Morgan fingerprint density at radius 3 is 0.508 bits per heavy atom. The molecule has 0 saturated heterocycles. The van der Waals surface area contributed by atoms with Gasteiger partial charge in [-0.1, -0.05) is 508 Å². The second kappa shape index (κ2) is 72.0. The van der Waals surface area contributed by atoms with Gasteiger partial charge in [0.25, 0.3) is 0 Å². The highest BCUT2D eigenvalue weighted by atomic mass is 35.5. The lowest BCUT2D eigenvalue weighted by Crippen LogP contribution is -2.25. The molecule has 6 rings (SSSR count). The van der Waals surface area contributed by atoms with Gasteiger partial charge in [-0.2, -0.15) is 0 Å². The Morgan fingerprint density at radius 1 is 0.183 bits per heavy atom. The summed E-state index contributed by atoms with van der Waals surface area (Å²) < 4.78 is 26.0. The van der Waals surface area contributed by atoms with E-state index >= 15 is 0 Å². The molecule has 676 valence electrons. The molecule has 0 spiro atoms. The van der Waals surface area contributed by atoms with Gasteiger partial charge in [0.2, 0.25) is 0 Å². The minimum Gasteiger partial charge on any atom is -0.493 e. The Hall–Kier alpha value is -4.03. The summed E-state index contributed by atoms with van der Waals surface area (Å²) in [4.78, 5) is -0.991. The summed E-state index contributed by atoms with van der Waals surface area (Å²) in [5.74, 6) is 3.35. The fraction of sp³-hybridized carbons (Fsp3) is 0.676. The topological polar surface area (TPSA) is 36.9 Å². The van der Waals surface area contributed by atoms with Crippen LogP contribution in [0.15, 0.2) is 133 Å². The van der Waals surface area contributed by atoms with Crippen LogP contribution in [0.25, 0.3) is 0 Å². The first-order valence-corrected chi connectivity index (χ1v) is 52.4. The summed E-state index contributed by atoms with van der Waals surface area (Å²) in [5.41, 5.74) is 5.75. The van der Waals surface area contributed by atoms with Crippen LogP contribution in [0.3, 0.4) is 0 Å². The van der Waals surface area contributed by atoms with Crippen LogP contribution in [-0.2, 0) is 10.3 Å². The zero-order valence-corrected chi connectivity index (χ0v) is 81.1. The van der Waals surface area contributed by atoms with Crippen molar-refractivity contribution in [3.8, 4) is 23.0 Å². The van der Waals surface area contributed by atoms with Gasteiger partial charge >= 0.3 is 0 Å². The van der Waals surface area contributed by atoms with Crippen molar-refractivity contribution in [2.75, 3.05) is 26.4 Å². The molecule has 0 amide bonds. The zero-order chi connectivity index (χ0) is 85.6. The third-order valence-corrected chi connectivity index (χ3v) is 26.8. The fourth-order valence-corrected chi connectivity index (χ4v) is 18.1. The molecule has 0 unspecified atom stereocenters. The van der Waals surface area contributed by atoms with Crippen LogP contribution in [0.5, 0.6) is 23.0 Å². The molecule has 4 nitrogen and oxygen atoms in total. The number of benzene rings is 6. The van der Waals surface area contributed by atoms with Gasteiger partial charge in [-0.25, -0.2) is 0 Å². The van der Waals surface area contributed by atoms with Crippen LogP contribution < -0.4 is 18.9 Å². The molecule has 0 heterocycles. The van der Waals surface area contributed by atoms with E-state index in [1.165, 1.54) is 385 Å². The van der Waals surface area contributed by atoms with E-state index in [9.17, 15) is 0 Å². The molecule has 120 heavy (non-hydrogen) atoms. The second-order valence-corrected chi connectivity index (χ2v) is 38.1. The van der Waals surface area contributed by atoms with Gasteiger partial charge in [0, 0.05) is 37.6 Å². The number of hydrogen-bond acceptors (Lipinski definition) is 4. The molecular weight excluding hydrogens is 1570 g/mol. The molecule has 0 bridgehead atoms. The van der Waals surface area contributed by atoms with Crippen LogP contribution >= 0.6 is 58.0 Å². The smallest absolute Gasteiger partial charge is 0.123 e. The van der Waals surface area contributed by atoms with Gasteiger partial charge in [0.05, 0.1) is 26.4 Å². The monoisotopic (exact) mass is 1750 g/mol. The molecule has 0 atom stereocenters. The van der Waals surface area contributed by atoms with E-state index in [-0.39, 0.29) is 0 Å². The van der Waals surface area contributed by atoms with Crippen LogP contribution in [0.1, 0.15) is 479 Å². The minimum atomic E-state index is -0.991. The van der Waals surface area contributed by atoms with Crippen LogP contribution in [0, 0.1) is 0 Å². The Labute approximate surface area is 763 Å². The molecule has 0 aliphatic carbocycles. The van der Waals surface area contributed by atoms with E-state index in [1.54, 1.807) is 0 Å². The van der Waals surface area contributed by atoms with E-state index in [4.69, 9.17) is 77.0 Å². The van der Waals surface area contributed by atoms with Crippen molar-refractivity contribution in [2.24, 2.45) is 0 Å². The quantitative estimate of drug-likeness (QED) is 0.0217. The second-order valence-electron chi connectivity index (χ2n) is 35.8. The van der Waals surface area contributed by atoms with Crippen LogP contribution in [-0.4, -0.2) is 26.4 Å². The zero-order valence-electron chi connectivity index (χ0n) is 77.3. The molecule has 6 aromatic carbocycles. The van der Waals surface area contributed by atoms with Gasteiger partial charge in [-0.3, -0.25) is 0 Å². The third-order valence-electron chi connectivity index (χ3n) is 25.1. The van der Waals surface area contributed by atoms with Crippen molar-refractivity contribution in [1.82, 2.24) is 0 Å². The average Bonchev–Trinajstić information content (AvgIpc) is 0.765. The van der Waals surface area contributed by atoms with E-state index in [0.717, 1.165) is 105 Å². The summed E-state index contributed by atoms with van der Waals surface area (Å²) in [6, 6.07) is 44.9. The first kappa shape index (κ1) is 107. The van der Waals surface area contributed by atoms with Gasteiger partial charge in [-0.15, -0.1) is 11.6 Å². The normalized spacial score (nSPS) is 11.7. The number of rotatable bonds is 78. The number of hydrogen-bond donors (Lipinski definition) is 0. The maximum atomic E-state index is 7.78. The lowest BCUT2D eigenvalue weighted by molar-refractivity contribution is 0.288. The van der Waals surface area contributed by atoms with Gasteiger partial charge in [0.1, 0.15) is 27.9 Å². The van der Waals surface area contributed by atoms with Crippen molar-refractivity contribution in [2.45, 2.75) is 456 Å². The molecule has 0 radical (unpaired) electrons. The Balaban J connectivity index is 0.000000427. The van der Waals surface area contributed by atoms with Gasteiger partial charge < -0.3 is 18.9 Å². The molecular formula is C111H173Cl5O4. The number of ether oxygens (including phenoxy) is 4. The molecule has 0 aromatic heterocycles. The maximum Gasteiger partial charge on any atom is 0.123 e. The van der Waals surface area contributed by atoms with E-state index in [2.05, 4.69) is 89.2 Å². The molecule has 0 saturated carbocycles. The van der Waals surface area contributed by atoms with Crippen molar-refractivity contribution < 1.29 is 18.9 Å². The molecule has 9 heteroatoms. The summed E-state index contributed by atoms with van der Waals surface area (Å²) in [6.07, 6.45) is 87.1. The standard InChI is InChI=1S/C56H88Cl2O2.C55H85Cl3O2/c1-4-6-8-10-12-14-16-18-20-22-24-26-28-30-32-34-44-59-54-46-51(56(3,49-36-40-52(57)41-37-49)50-38-42-53(58)43-39-50)47-55(48-54)60-45-35-33-31-29-27-25-23-21-19-17-15-13-11-9-7-5-2;1-3-5-7-9-11-13-15-17-19-21-23-25-27-29-31-33-43-59-53-45-50(55(58,48-35-39-51(56)40-36-48)49-37-41-52(57)42-38-49)46-54(47-53)60-44-34-32-30-28-26-24-22-20-18-16-14-12-10-8-6-4-2/h36-43,46-48H,4-35,44-45H2,1-3H3;35-42,45-47H,3-34,43-44H2,1-2H3. The van der Waals surface area contributed by atoms with Crippen molar-refractivity contribution in [1.29, 1.82) is 0 Å². The summed E-state index contributed by atoms with van der Waals surface area (Å²) in [5, 5.41) is 2.81. The van der Waals surface area contributed by atoms with Crippen molar-refractivity contribution in [3.63, 3.8) is 0 Å². The van der Waals surface area contributed by atoms with Crippen molar-refractivity contribution in [3.05, 3.63) is 187 Å². The Morgan fingerprint density at radius 2 is 0.333 bits per heavy atom. The molecule has 0 aliphatic heterocycles. The number of halogens is 5. The number of alkyl halides is 1. The largest absolute Gasteiger partial charge is 0.493 e. The first-order chi connectivity index (χ1) is 58.9. The highest BCUT2D eigenvalue weighted by Gasteiger charge is 2.36. The van der Waals surface area contributed by atoms with E-state index in [0.29, 0.717) is 23.3 Å². The summed E-state index contributed by atoms with van der Waals surface area (Å²) in [6.45, 7) is 14.3. The maximum absolute atomic E-state index is 7.78. The predicted octanol–water partition coefficient (Wildman–Crippen LogP) is 39.4. The van der Waals surface area contributed by atoms with Crippen molar-refractivity contribution >= 4 is 58.0 Å². The lowest BCUT2D eigenvalue weighted by atomic mass is 9.71. The first-order valence-electron chi connectivity index (χ1n) is 50.5. The van der Waals surface area contributed by atoms with Crippen LogP contribution in [0.2, 0.25) is 20.1 Å². The van der Waals surface area contributed by atoms with E-state index < -0.39 is 10.3 Å². The summed E-state index contributed by atoms with van der Waals surface area (Å²) in [7, 11) is 0. The third kappa shape index (κ3) is 49.2. The highest BCUT2D eigenvalue weighted by molar-refractivity contribution is 6.32. The van der Waals surface area contributed by atoms with E-state index in [1.807, 2.05) is 78.9 Å². The molecule has 0 aliphatic rings.